The third-order valence-corrected chi connectivity index (χ3v) is 6.84. The molecule has 4 nitrogen and oxygen atoms in total. The molecule has 0 aromatic carbocycles. The maximum absolute atomic E-state index is 11.2. The van der Waals surface area contributed by atoms with Crippen molar-refractivity contribution in [2.45, 2.75) is 141 Å². The second-order valence-corrected chi connectivity index (χ2v) is 9.79. The van der Waals surface area contributed by atoms with Gasteiger partial charge in [0.05, 0.1) is 16.2 Å². The van der Waals surface area contributed by atoms with E-state index in [0.717, 1.165) is 44.9 Å². The van der Waals surface area contributed by atoms with Gasteiger partial charge >= 0.3 is 29.6 Å². The van der Waals surface area contributed by atoms with Gasteiger partial charge in [-0.1, -0.05) is 104 Å². The quantitative estimate of drug-likeness (QED) is 0.183. The fourth-order valence-corrected chi connectivity index (χ4v) is 4.64. The first-order valence-corrected chi connectivity index (χ1v) is 13.0. The monoisotopic (exact) mass is 428 g/mol. The minimum Gasteiger partial charge on any atom is -0.748 e. The van der Waals surface area contributed by atoms with Gasteiger partial charge in [-0.05, 0) is 25.7 Å². The summed E-state index contributed by atoms with van der Waals surface area (Å²) >= 11 is 0. The van der Waals surface area contributed by atoms with Crippen LogP contribution < -0.4 is 29.6 Å². The van der Waals surface area contributed by atoms with E-state index in [2.05, 4.69) is 0 Å². The summed E-state index contributed by atoms with van der Waals surface area (Å²) in [5.41, 5.74) is 0. The molecule has 2 unspecified atom stereocenters. The van der Waals surface area contributed by atoms with E-state index in [0.29, 0.717) is 12.8 Å². The van der Waals surface area contributed by atoms with E-state index in [9.17, 15) is 18.1 Å². The molecule has 164 valence electrons. The fourth-order valence-electron chi connectivity index (χ4n) is 3.66. The van der Waals surface area contributed by atoms with Crippen LogP contribution in [-0.2, 0) is 10.1 Å². The van der Waals surface area contributed by atoms with Crippen LogP contribution in [0.25, 0.3) is 0 Å². The largest absolute Gasteiger partial charge is 1.00 e. The van der Waals surface area contributed by atoms with Crippen LogP contribution in [0.15, 0.2) is 0 Å². The molecular formula is C22H45NaO4S. The molecule has 0 radical (unpaired) electrons. The maximum Gasteiger partial charge on any atom is 1.00 e. The average Bonchev–Trinajstić information content (AvgIpc) is 2.62. The first-order valence-electron chi connectivity index (χ1n) is 11.5. The molecular weight excluding hydrogens is 383 g/mol. The van der Waals surface area contributed by atoms with Crippen molar-refractivity contribution in [3.63, 3.8) is 0 Å². The molecule has 0 heterocycles. The number of aliphatic hydroxyl groups is 1. The van der Waals surface area contributed by atoms with Gasteiger partial charge in [0.2, 0.25) is 0 Å². The first-order chi connectivity index (χ1) is 12.9. The van der Waals surface area contributed by atoms with Crippen LogP contribution in [0, 0.1) is 0 Å². The van der Waals surface area contributed by atoms with Crippen LogP contribution in [0.5, 0.6) is 0 Å². The third kappa shape index (κ3) is 20.2. The predicted octanol–water partition coefficient (Wildman–Crippen LogP) is 3.33. The minimum atomic E-state index is -4.11. The molecule has 0 spiro atoms. The van der Waals surface area contributed by atoms with Gasteiger partial charge in [-0.2, -0.15) is 0 Å². The van der Waals surface area contributed by atoms with Crippen LogP contribution in [0.3, 0.4) is 0 Å². The van der Waals surface area contributed by atoms with Crippen LogP contribution >= 0.6 is 0 Å². The third-order valence-electron chi connectivity index (χ3n) is 5.55. The van der Waals surface area contributed by atoms with Crippen LogP contribution in [0.1, 0.15) is 129 Å². The van der Waals surface area contributed by atoms with Gasteiger partial charge in [-0.15, -0.1) is 0 Å². The van der Waals surface area contributed by atoms with Crippen molar-refractivity contribution in [2.24, 2.45) is 0 Å². The molecule has 0 rings (SSSR count). The normalized spacial score (nSPS) is 13.9. The van der Waals surface area contributed by atoms with Crippen LogP contribution in [0.4, 0.5) is 0 Å². The van der Waals surface area contributed by atoms with Crippen molar-refractivity contribution in [2.75, 3.05) is 0 Å². The Kier molecular flexibility index (Phi) is 23.4. The van der Waals surface area contributed by atoms with Gasteiger partial charge in [-0.25, -0.2) is 8.42 Å². The molecule has 0 bridgehead atoms. The van der Waals surface area contributed by atoms with Gasteiger partial charge in [0, 0.05) is 5.25 Å². The number of hydrogen-bond donors (Lipinski definition) is 1. The molecule has 6 heteroatoms. The Bertz CT molecular complexity index is 415. The minimum absolute atomic E-state index is 0. The first kappa shape index (κ1) is 31.1. The van der Waals surface area contributed by atoms with E-state index >= 15 is 0 Å². The van der Waals surface area contributed by atoms with Gasteiger partial charge < -0.3 is 9.66 Å². The maximum atomic E-state index is 11.2. The van der Waals surface area contributed by atoms with Gasteiger partial charge in [0.25, 0.3) is 0 Å². The van der Waals surface area contributed by atoms with Crippen molar-refractivity contribution >= 4 is 10.1 Å². The van der Waals surface area contributed by atoms with Crippen molar-refractivity contribution in [3.05, 3.63) is 0 Å². The smallest absolute Gasteiger partial charge is 0.748 e. The molecule has 0 aromatic rings. The molecule has 0 aliphatic heterocycles. The molecule has 0 aromatic heterocycles. The Labute approximate surface area is 197 Å². The summed E-state index contributed by atoms with van der Waals surface area (Å²) in [6.45, 7) is 3.96. The Morgan fingerprint density at radius 3 is 1.36 bits per heavy atom. The van der Waals surface area contributed by atoms with Gasteiger partial charge in [0.1, 0.15) is 0 Å². The van der Waals surface area contributed by atoms with Crippen molar-refractivity contribution in [1.82, 2.24) is 0 Å². The number of rotatable bonds is 20. The number of aliphatic hydroxyl groups excluding tert-OH is 1. The van der Waals surface area contributed by atoms with E-state index in [1.54, 1.807) is 0 Å². The van der Waals surface area contributed by atoms with E-state index in [1.165, 1.54) is 57.8 Å². The SMILES string of the molecule is CCCC(CCCCCCCCCCCCCCCC(O)CC)S(=O)(=O)[O-].[Na+]. The molecule has 0 saturated heterocycles. The molecule has 0 aliphatic rings. The van der Waals surface area contributed by atoms with E-state index in [1.807, 2.05) is 13.8 Å². The molecule has 28 heavy (non-hydrogen) atoms. The number of unbranched alkanes of at least 4 members (excludes halogenated alkanes) is 12. The molecule has 2 atom stereocenters. The standard InChI is InChI=1S/C22H46O4S.Na/c1-3-18-22(27(24,25)26)20-17-15-13-11-9-7-5-6-8-10-12-14-16-19-21(23)4-2;/h21-23H,3-20H2,1-2H3,(H,24,25,26);/q;+1/p-1. The van der Waals surface area contributed by atoms with Crippen molar-refractivity contribution in [1.29, 1.82) is 0 Å². The number of hydrogen-bond acceptors (Lipinski definition) is 4. The molecule has 0 saturated carbocycles. The molecule has 0 amide bonds. The van der Waals surface area contributed by atoms with Gasteiger partial charge in [-0.3, -0.25) is 0 Å². The van der Waals surface area contributed by atoms with Crippen LogP contribution in [-0.4, -0.2) is 29.4 Å². The summed E-state index contributed by atoms with van der Waals surface area (Å²) in [5.74, 6) is 0. The molecule has 0 aliphatic carbocycles. The Morgan fingerprint density at radius 2 is 1.04 bits per heavy atom. The summed E-state index contributed by atoms with van der Waals surface area (Å²) in [4.78, 5) is 0. The Balaban J connectivity index is 0. The summed E-state index contributed by atoms with van der Waals surface area (Å²) in [6.07, 6.45) is 19.4. The zero-order valence-electron chi connectivity index (χ0n) is 19.0. The summed E-state index contributed by atoms with van der Waals surface area (Å²) in [5, 5.41) is 8.82. The van der Waals surface area contributed by atoms with Crippen LogP contribution in [0.2, 0.25) is 0 Å². The fraction of sp³-hybridized carbons (Fsp3) is 1.00. The Hall–Kier alpha value is 0.870. The predicted molar refractivity (Wildman–Crippen MR) is 114 cm³/mol. The van der Waals surface area contributed by atoms with Gasteiger partial charge in [0.15, 0.2) is 0 Å². The summed E-state index contributed by atoms with van der Waals surface area (Å²) in [6, 6.07) is 0. The van der Waals surface area contributed by atoms with Crippen molar-refractivity contribution < 1.29 is 47.6 Å². The molecule has 1 N–H and O–H groups in total. The second-order valence-electron chi connectivity index (χ2n) is 8.14. The summed E-state index contributed by atoms with van der Waals surface area (Å²) < 4.78 is 33.5. The Morgan fingerprint density at radius 1 is 0.679 bits per heavy atom. The topological polar surface area (TPSA) is 77.4 Å². The van der Waals surface area contributed by atoms with E-state index in [-0.39, 0.29) is 35.7 Å². The zero-order valence-corrected chi connectivity index (χ0v) is 21.8. The average molecular weight is 429 g/mol. The van der Waals surface area contributed by atoms with Crippen molar-refractivity contribution in [3.8, 4) is 0 Å². The van der Waals surface area contributed by atoms with E-state index in [4.69, 9.17) is 0 Å². The summed E-state index contributed by atoms with van der Waals surface area (Å²) in [7, 11) is -4.11. The molecule has 0 fully saturated rings. The zero-order chi connectivity index (χ0) is 20.4. The van der Waals surface area contributed by atoms with E-state index < -0.39 is 15.4 Å². The second kappa shape index (κ2) is 21.1.